The first-order chi connectivity index (χ1) is 8.66. The van der Waals surface area contributed by atoms with Crippen LogP contribution in [0.1, 0.15) is 34.3 Å². The van der Waals surface area contributed by atoms with Crippen LogP contribution in [0.4, 0.5) is 0 Å². The maximum absolute atomic E-state index is 10.8. The van der Waals surface area contributed by atoms with Crippen LogP contribution in [0.2, 0.25) is 0 Å². The molecule has 0 aliphatic carbocycles. The number of rotatable bonds is 5. The number of benzene rings is 1. The van der Waals surface area contributed by atoms with Gasteiger partial charge in [0, 0.05) is 18.1 Å². The van der Waals surface area contributed by atoms with Crippen molar-refractivity contribution in [2.24, 2.45) is 0 Å². The molecule has 1 fully saturated rings. The molecule has 98 valence electrons. The number of hydrogen-bond donors (Lipinski definition) is 1. The summed E-state index contributed by atoms with van der Waals surface area (Å²) in [5.74, 6) is 1.09. The highest BCUT2D eigenvalue weighted by molar-refractivity contribution is 7.98. The number of carboxylic acid groups (broad SMARTS) is 1. The fourth-order valence-corrected chi connectivity index (χ4v) is 3.25. The van der Waals surface area contributed by atoms with E-state index in [0.29, 0.717) is 11.7 Å². The molecule has 0 amide bonds. The summed E-state index contributed by atoms with van der Waals surface area (Å²) in [4.78, 5) is 10.8. The Bertz CT molecular complexity index is 425. The number of carbonyl (C=O) groups is 1. The number of thioether (sulfide) groups is 1. The molecular weight excluding hydrogens is 248 g/mol. The molecule has 0 aromatic heterocycles. The Morgan fingerprint density at radius 2 is 2.39 bits per heavy atom. The standard InChI is InChI=1S/C14H18O3S/c1-10-7-11(14(15)16)4-5-12(10)8-18-9-13-3-2-6-17-13/h4-5,7,13H,2-3,6,8-9H2,1H3,(H,15,16). The normalized spacial score (nSPS) is 19.1. The summed E-state index contributed by atoms with van der Waals surface area (Å²) in [5, 5.41) is 8.90. The zero-order valence-electron chi connectivity index (χ0n) is 10.5. The van der Waals surface area contributed by atoms with Crippen molar-refractivity contribution in [3.8, 4) is 0 Å². The molecule has 1 aromatic rings. The molecule has 0 spiro atoms. The molecule has 1 atom stereocenters. The molecule has 1 unspecified atom stereocenters. The molecule has 1 aromatic carbocycles. The largest absolute Gasteiger partial charge is 0.478 e. The highest BCUT2D eigenvalue weighted by Crippen LogP contribution is 2.22. The zero-order chi connectivity index (χ0) is 13.0. The third kappa shape index (κ3) is 3.50. The highest BCUT2D eigenvalue weighted by Gasteiger charge is 2.15. The van der Waals surface area contributed by atoms with Crippen LogP contribution in [0.25, 0.3) is 0 Å². The van der Waals surface area contributed by atoms with Gasteiger partial charge in [0.15, 0.2) is 0 Å². The van der Waals surface area contributed by atoms with E-state index in [0.717, 1.165) is 23.7 Å². The van der Waals surface area contributed by atoms with Crippen molar-refractivity contribution in [3.63, 3.8) is 0 Å². The summed E-state index contributed by atoms with van der Waals surface area (Å²) in [6.07, 6.45) is 2.76. The molecule has 1 heterocycles. The topological polar surface area (TPSA) is 46.5 Å². The average Bonchev–Trinajstić information content (AvgIpc) is 2.84. The van der Waals surface area contributed by atoms with E-state index in [-0.39, 0.29) is 0 Å². The predicted octanol–water partition coefficient (Wildman–Crippen LogP) is 3.11. The Morgan fingerprint density at radius 3 is 3.00 bits per heavy atom. The number of aromatic carboxylic acids is 1. The third-order valence-corrected chi connectivity index (χ3v) is 4.30. The van der Waals surface area contributed by atoms with Gasteiger partial charge in [-0.25, -0.2) is 4.79 Å². The molecule has 1 aliphatic rings. The van der Waals surface area contributed by atoms with Crippen molar-refractivity contribution in [2.45, 2.75) is 31.6 Å². The average molecular weight is 266 g/mol. The molecule has 1 saturated heterocycles. The van der Waals surface area contributed by atoms with Gasteiger partial charge < -0.3 is 9.84 Å². The van der Waals surface area contributed by atoms with E-state index in [1.54, 1.807) is 12.1 Å². The van der Waals surface area contributed by atoms with Crippen LogP contribution in [0.3, 0.4) is 0 Å². The van der Waals surface area contributed by atoms with E-state index in [1.165, 1.54) is 18.4 Å². The number of aryl methyl sites for hydroxylation is 1. The molecule has 0 bridgehead atoms. The molecule has 2 rings (SSSR count). The summed E-state index contributed by atoms with van der Waals surface area (Å²) in [6, 6.07) is 5.34. The minimum absolute atomic E-state index is 0.361. The second kappa shape index (κ2) is 6.25. The Kier molecular flexibility index (Phi) is 4.66. The lowest BCUT2D eigenvalue weighted by atomic mass is 10.1. The smallest absolute Gasteiger partial charge is 0.335 e. The van der Waals surface area contributed by atoms with E-state index in [2.05, 4.69) is 0 Å². The van der Waals surface area contributed by atoms with Gasteiger partial charge in [0.05, 0.1) is 11.7 Å². The SMILES string of the molecule is Cc1cc(C(=O)O)ccc1CSCC1CCCO1. The Hall–Kier alpha value is -1.000. The van der Waals surface area contributed by atoms with E-state index >= 15 is 0 Å². The van der Waals surface area contributed by atoms with Gasteiger partial charge in [-0.2, -0.15) is 11.8 Å². The van der Waals surface area contributed by atoms with Gasteiger partial charge in [0.25, 0.3) is 0 Å². The minimum Gasteiger partial charge on any atom is -0.478 e. The molecule has 0 saturated carbocycles. The molecule has 18 heavy (non-hydrogen) atoms. The van der Waals surface area contributed by atoms with Gasteiger partial charge in [-0.05, 0) is 43.0 Å². The fraction of sp³-hybridized carbons (Fsp3) is 0.500. The maximum atomic E-state index is 10.8. The summed E-state index contributed by atoms with van der Waals surface area (Å²) in [5.41, 5.74) is 2.62. The van der Waals surface area contributed by atoms with Gasteiger partial charge in [0.2, 0.25) is 0 Å². The molecule has 1 aliphatic heterocycles. The fourth-order valence-electron chi connectivity index (χ4n) is 2.07. The monoisotopic (exact) mass is 266 g/mol. The third-order valence-electron chi connectivity index (χ3n) is 3.17. The number of ether oxygens (including phenoxy) is 1. The molecule has 3 nitrogen and oxygen atoms in total. The molecule has 0 radical (unpaired) electrons. The minimum atomic E-state index is -0.864. The summed E-state index contributed by atoms with van der Waals surface area (Å²) >= 11 is 1.86. The first-order valence-electron chi connectivity index (χ1n) is 6.19. The summed E-state index contributed by atoms with van der Waals surface area (Å²) in [6.45, 7) is 2.87. The molecule has 4 heteroatoms. The van der Waals surface area contributed by atoms with Crippen molar-refractivity contribution in [3.05, 3.63) is 34.9 Å². The van der Waals surface area contributed by atoms with Crippen LogP contribution >= 0.6 is 11.8 Å². The van der Waals surface area contributed by atoms with Crippen molar-refractivity contribution in [1.82, 2.24) is 0 Å². The molecule has 1 N–H and O–H groups in total. The van der Waals surface area contributed by atoms with Gasteiger partial charge in [-0.15, -0.1) is 0 Å². The van der Waals surface area contributed by atoms with Gasteiger partial charge in [0.1, 0.15) is 0 Å². The maximum Gasteiger partial charge on any atom is 0.335 e. The Morgan fingerprint density at radius 1 is 1.56 bits per heavy atom. The van der Waals surface area contributed by atoms with Crippen LogP contribution in [0, 0.1) is 6.92 Å². The van der Waals surface area contributed by atoms with E-state index in [1.807, 2.05) is 24.8 Å². The zero-order valence-corrected chi connectivity index (χ0v) is 11.3. The summed E-state index contributed by atoms with van der Waals surface area (Å²) < 4.78 is 5.57. The predicted molar refractivity (Wildman–Crippen MR) is 73.3 cm³/mol. The van der Waals surface area contributed by atoms with Gasteiger partial charge in [-0.1, -0.05) is 6.07 Å². The summed E-state index contributed by atoms with van der Waals surface area (Å²) in [7, 11) is 0. The lowest BCUT2D eigenvalue weighted by molar-refractivity contribution is 0.0696. The Balaban J connectivity index is 1.87. The van der Waals surface area contributed by atoms with E-state index in [4.69, 9.17) is 9.84 Å². The van der Waals surface area contributed by atoms with Crippen molar-refractivity contribution < 1.29 is 14.6 Å². The van der Waals surface area contributed by atoms with Crippen molar-refractivity contribution >= 4 is 17.7 Å². The number of carboxylic acids is 1. The van der Waals surface area contributed by atoms with Gasteiger partial charge >= 0.3 is 5.97 Å². The van der Waals surface area contributed by atoms with Crippen LogP contribution in [-0.2, 0) is 10.5 Å². The first-order valence-corrected chi connectivity index (χ1v) is 7.34. The quantitative estimate of drug-likeness (QED) is 0.889. The van der Waals surface area contributed by atoms with Crippen LogP contribution in [0.15, 0.2) is 18.2 Å². The second-order valence-corrected chi connectivity index (χ2v) is 5.63. The van der Waals surface area contributed by atoms with Crippen LogP contribution in [0.5, 0.6) is 0 Å². The van der Waals surface area contributed by atoms with Crippen molar-refractivity contribution in [2.75, 3.05) is 12.4 Å². The van der Waals surface area contributed by atoms with Crippen LogP contribution in [-0.4, -0.2) is 29.5 Å². The lowest BCUT2D eigenvalue weighted by Crippen LogP contribution is -2.08. The van der Waals surface area contributed by atoms with Crippen LogP contribution < -0.4 is 0 Å². The van der Waals surface area contributed by atoms with Crippen molar-refractivity contribution in [1.29, 1.82) is 0 Å². The van der Waals surface area contributed by atoms with E-state index in [9.17, 15) is 4.79 Å². The van der Waals surface area contributed by atoms with Gasteiger partial charge in [-0.3, -0.25) is 0 Å². The lowest BCUT2D eigenvalue weighted by Gasteiger charge is -2.10. The first kappa shape index (κ1) is 13.4. The van der Waals surface area contributed by atoms with E-state index < -0.39 is 5.97 Å². The molecular formula is C14H18O3S. The number of hydrogen-bond acceptors (Lipinski definition) is 3. The highest BCUT2D eigenvalue weighted by atomic mass is 32.2. The Labute approximate surface area is 112 Å². The second-order valence-electron chi connectivity index (χ2n) is 4.60.